The van der Waals surface area contributed by atoms with E-state index < -0.39 is 0 Å². The fourth-order valence-corrected chi connectivity index (χ4v) is 4.81. The summed E-state index contributed by atoms with van der Waals surface area (Å²) in [5.41, 5.74) is 5.24. The van der Waals surface area contributed by atoms with Crippen LogP contribution >= 0.6 is 11.8 Å². The first-order valence-electron chi connectivity index (χ1n) is 10.8. The Morgan fingerprint density at radius 1 is 1.06 bits per heavy atom. The second kappa shape index (κ2) is 9.70. The third kappa shape index (κ3) is 4.61. The fraction of sp³-hybridized carbons (Fsp3) is 0.320. The molecule has 4 aromatic rings. The Kier molecular flexibility index (Phi) is 6.74. The molecule has 0 saturated carbocycles. The second-order valence-corrected chi connectivity index (χ2v) is 9.27. The van der Waals surface area contributed by atoms with E-state index in [0.29, 0.717) is 29.6 Å². The molecule has 0 bridgehead atoms. The van der Waals surface area contributed by atoms with Gasteiger partial charge in [-0.05, 0) is 62.1 Å². The van der Waals surface area contributed by atoms with Crippen LogP contribution in [0.15, 0.2) is 47.6 Å². The first-order chi connectivity index (χ1) is 15.9. The topological polar surface area (TPSA) is 77.8 Å². The molecule has 1 unspecified atom stereocenters. The molecule has 1 atom stereocenters. The van der Waals surface area contributed by atoms with Gasteiger partial charge in [0.15, 0.2) is 22.3 Å². The number of para-hydroxylation sites is 1. The van der Waals surface area contributed by atoms with Crippen LogP contribution in [0.25, 0.3) is 16.6 Å². The van der Waals surface area contributed by atoms with Crippen molar-refractivity contribution in [3.8, 4) is 11.5 Å². The lowest BCUT2D eigenvalue weighted by molar-refractivity contribution is -0.120. The Morgan fingerprint density at radius 2 is 1.85 bits per heavy atom. The smallest absolute Gasteiger partial charge is 0.233 e. The number of aromatic nitrogens is 3. The molecular formula is C25H28N4O3S. The molecule has 33 heavy (non-hydrogen) atoms. The zero-order chi connectivity index (χ0) is 23.5. The molecule has 4 rings (SSSR count). The molecule has 0 aliphatic heterocycles. The van der Waals surface area contributed by atoms with E-state index in [4.69, 9.17) is 9.47 Å². The monoisotopic (exact) mass is 464 g/mol. The van der Waals surface area contributed by atoms with E-state index >= 15 is 0 Å². The third-order valence-corrected chi connectivity index (χ3v) is 6.75. The molecule has 0 saturated heterocycles. The highest BCUT2D eigenvalue weighted by atomic mass is 32.2. The van der Waals surface area contributed by atoms with Crippen LogP contribution in [0.2, 0.25) is 0 Å². The van der Waals surface area contributed by atoms with E-state index in [9.17, 15) is 4.79 Å². The van der Waals surface area contributed by atoms with Crippen molar-refractivity contribution < 1.29 is 14.3 Å². The molecule has 2 aromatic heterocycles. The molecule has 2 heterocycles. The van der Waals surface area contributed by atoms with Crippen molar-refractivity contribution in [1.29, 1.82) is 0 Å². The highest BCUT2D eigenvalue weighted by Crippen LogP contribution is 2.30. The number of hydrogen-bond acceptors (Lipinski definition) is 6. The number of pyridine rings is 1. The average molecular weight is 465 g/mol. The van der Waals surface area contributed by atoms with Crippen LogP contribution in [0, 0.1) is 13.8 Å². The summed E-state index contributed by atoms with van der Waals surface area (Å²) in [7, 11) is 3.23. The predicted octanol–water partition coefficient (Wildman–Crippen LogP) is 4.36. The zero-order valence-corrected chi connectivity index (χ0v) is 20.3. The first-order valence-corrected chi connectivity index (χ1v) is 11.7. The van der Waals surface area contributed by atoms with Crippen molar-refractivity contribution in [2.45, 2.75) is 37.6 Å². The van der Waals surface area contributed by atoms with Gasteiger partial charge in [0.2, 0.25) is 5.91 Å². The van der Waals surface area contributed by atoms with E-state index in [1.54, 1.807) is 14.2 Å². The Morgan fingerprint density at radius 3 is 2.61 bits per heavy atom. The lowest BCUT2D eigenvalue weighted by Gasteiger charge is -2.13. The third-order valence-electron chi connectivity index (χ3n) is 5.70. The number of fused-ring (bicyclic) bond motifs is 3. The SMILES string of the molecule is COc1ccc(CCNC(=O)C(C)Sc2nnc3cc(C)c4cccc(C)c4n23)cc1OC. The summed E-state index contributed by atoms with van der Waals surface area (Å²) >= 11 is 1.42. The van der Waals surface area contributed by atoms with Gasteiger partial charge in [0, 0.05) is 11.9 Å². The van der Waals surface area contributed by atoms with Crippen molar-refractivity contribution in [3.63, 3.8) is 0 Å². The van der Waals surface area contributed by atoms with Crippen LogP contribution in [0.3, 0.4) is 0 Å². The maximum Gasteiger partial charge on any atom is 0.233 e. The summed E-state index contributed by atoms with van der Waals surface area (Å²) in [6, 6.07) is 14.1. The van der Waals surface area contributed by atoms with Crippen molar-refractivity contribution in [2.75, 3.05) is 20.8 Å². The lowest BCUT2D eigenvalue weighted by Crippen LogP contribution is -2.32. The van der Waals surface area contributed by atoms with Gasteiger partial charge in [0.05, 0.1) is 25.0 Å². The number of nitrogens with zero attached hydrogens (tertiary/aromatic N) is 3. The standard InChI is InChI=1S/C25H28N4O3S/c1-15-7-6-8-19-16(2)13-22-27-28-25(29(22)23(15)19)33-17(3)24(30)26-12-11-18-9-10-20(31-4)21(14-18)32-5/h6-10,13-14,17H,11-12H2,1-5H3,(H,26,30). The Hall–Kier alpha value is -3.26. The van der Waals surface area contributed by atoms with Gasteiger partial charge in [-0.1, -0.05) is 36.0 Å². The summed E-state index contributed by atoms with van der Waals surface area (Å²) in [6.45, 7) is 6.58. The molecule has 0 aliphatic carbocycles. The summed E-state index contributed by atoms with van der Waals surface area (Å²) in [5.74, 6) is 1.33. The largest absolute Gasteiger partial charge is 0.493 e. The normalized spacial score (nSPS) is 12.2. The number of nitrogens with one attached hydrogen (secondary N) is 1. The molecule has 7 nitrogen and oxygen atoms in total. The first kappa shape index (κ1) is 22.9. The molecule has 0 fully saturated rings. The number of rotatable bonds is 8. The molecular weight excluding hydrogens is 436 g/mol. The fourth-order valence-electron chi connectivity index (χ4n) is 3.93. The van der Waals surface area contributed by atoms with E-state index in [-0.39, 0.29) is 11.2 Å². The minimum absolute atomic E-state index is 0.0367. The van der Waals surface area contributed by atoms with Crippen LogP contribution < -0.4 is 14.8 Å². The molecule has 1 amide bonds. The molecule has 8 heteroatoms. The van der Waals surface area contributed by atoms with Gasteiger partial charge in [0.1, 0.15) is 0 Å². The second-order valence-electron chi connectivity index (χ2n) is 7.97. The molecule has 0 spiro atoms. The van der Waals surface area contributed by atoms with Crippen LogP contribution in [0.4, 0.5) is 0 Å². The summed E-state index contributed by atoms with van der Waals surface area (Å²) in [6.07, 6.45) is 0.695. The van der Waals surface area contributed by atoms with Gasteiger partial charge in [-0.15, -0.1) is 10.2 Å². The average Bonchev–Trinajstić information content (AvgIpc) is 3.21. The van der Waals surface area contributed by atoms with E-state index in [1.165, 1.54) is 11.8 Å². The van der Waals surface area contributed by atoms with Gasteiger partial charge in [-0.25, -0.2) is 0 Å². The number of carbonyl (C=O) groups excluding carboxylic acids is 1. The van der Waals surface area contributed by atoms with Crippen LogP contribution in [-0.4, -0.2) is 46.5 Å². The molecule has 1 N–H and O–H groups in total. The van der Waals surface area contributed by atoms with Crippen LogP contribution in [-0.2, 0) is 11.2 Å². The highest BCUT2D eigenvalue weighted by Gasteiger charge is 2.20. The Balaban J connectivity index is 1.45. The number of ether oxygens (including phenoxy) is 2. The van der Waals surface area contributed by atoms with Gasteiger partial charge in [-0.2, -0.15) is 0 Å². The van der Waals surface area contributed by atoms with Crippen molar-refractivity contribution in [2.24, 2.45) is 0 Å². The van der Waals surface area contributed by atoms with Crippen molar-refractivity contribution >= 4 is 34.2 Å². The van der Waals surface area contributed by atoms with Crippen molar-refractivity contribution in [3.05, 3.63) is 59.2 Å². The Bertz CT molecular complexity index is 1320. The van der Waals surface area contributed by atoms with E-state index in [1.807, 2.05) is 31.2 Å². The lowest BCUT2D eigenvalue weighted by atomic mass is 10.1. The maximum atomic E-state index is 12.8. The van der Waals surface area contributed by atoms with Gasteiger partial charge < -0.3 is 14.8 Å². The van der Waals surface area contributed by atoms with Crippen molar-refractivity contribution in [1.82, 2.24) is 19.9 Å². The molecule has 0 aliphatic rings. The maximum absolute atomic E-state index is 12.8. The summed E-state index contributed by atoms with van der Waals surface area (Å²) in [4.78, 5) is 12.8. The zero-order valence-electron chi connectivity index (χ0n) is 19.5. The number of hydrogen-bond donors (Lipinski definition) is 1. The molecule has 0 radical (unpaired) electrons. The predicted molar refractivity (Wildman–Crippen MR) is 132 cm³/mol. The number of aryl methyl sites for hydroxylation is 2. The minimum Gasteiger partial charge on any atom is -0.493 e. The van der Waals surface area contributed by atoms with Gasteiger partial charge in [0.25, 0.3) is 0 Å². The number of carbonyl (C=O) groups is 1. The van der Waals surface area contributed by atoms with E-state index in [2.05, 4.69) is 52.0 Å². The highest BCUT2D eigenvalue weighted by molar-refractivity contribution is 8.00. The van der Waals surface area contributed by atoms with E-state index in [0.717, 1.165) is 33.2 Å². The minimum atomic E-state index is -0.317. The number of benzene rings is 2. The number of thioether (sulfide) groups is 1. The van der Waals surface area contributed by atoms with Crippen LogP contribution in [0.5, 0.6) is 11.5 Å². The molecule has 2 aromatic carbocycles. The van der Waals surface area contributed by atoms with Crippen LogP contribution in [0.1, 0.15) is 23.6 Å². The summed E-state index contributed by atoms with van der Waals surface area (Å²) in [5, 5.41) is 13.3. The van der Waals surface area contributed by atoms with Gasteiger partial charge in [-0.3, -0.25) is 9.20 Å². The summed E-state index contributed by atoms with van der Waals surface area (Å²) < 4.78 is 12.7. The molecule has 172 valence electrons. The Labute approximate surface area is 197 Å². The van der Waals surface area contributed by atoms with Gasteiger partial charge >= 0.3 is 0 Å². The number of methoxy groups -OCH3 is 2. The number of amides is 1. The quantitative estimate of drug-likeness (QED) is 0.391.